The lowest BCUT2D eigenvalue weighted by molar-refractivity contribution is -0.119. The van der Waals surface area contributed by atoms with Crippen molar-refractivity contribution in [3.05, 3.63) is 64.8 Å². The van der Waals surface area contributed by atoms with Gasteiger partial charge in [-0.15, -0.1) is 0 Å². The van der Waals surface area contributed by atoms with Gasteiger partial charge in [-0.3, -0.25) is 14.4 Å². The second-order valence-electron chi connectivity index (χ2n) is 8.97. The molecule has 5 rings (SSSR count). The van der Waals surface area contributed by atoms with Crippen LogP contribution in [0.2, 0.25) is 5.02 Å². The number of piperidine rings is 1. The number of H-pyrrole nitrogens is 1. The zero-order valence-electron chi connectivity index (χ0n) is 19.2. The van der Waals surface area contributed by atoms with E-state index in [9.17, 15) is 14.4 Å². The number of amides is 3. The number of rotatable bonds is 5. The smallest absolute Gasteiger partial charge is 0.251 e. The summed E-state index contributed by atoms with van der Waals surface area (Å²) in [6.45, 7) is 1.52. The van der Waals surface area contributed by atoms with Crippen molar-refractivity contribution in [2.45, 2.75) is 37.8 Å². The van der Waals surface area contributed by atoms with E-state index in [1.165, 1.54) is 0 Å². The Balaban J connectivity index is 1.24. The third-order valence-corrected chi connectivity index (χ3v) is 6.96. The number of carbonyl (C=O) groups is 3. The number of fused-ring (bicyclic) bond motifs is 1. The Bertz CT molecular complexity index is 1260. The van der Waals surface area contributed by atoms with E-state index in [-0.39, 0.29) is 29.8 Å². The van der Waals surface area contributed by atoms with E-state index in [1.54, 1.807) is 41.4 Å². The van der Waals surface area contributed by atoms with Crippen LogP contribution in [0.1, 0.15) is 46.4 Å². The minimum atomic E-state index is -0.367. The molecule has 1 aromatic heterocycles. The maximum Gasteiger partial charge on any atom is 0.251 e. The molecule has 2 fully saturated rings. The van der Waals surface area contributed by atoms with Gasteiger partial charge in [-0.25, -0.2) is 0 Å². The first-order valence-electron chi connectivity index (χ1n) is 11.9. The lowest BCUT2D eigenvalue weighted by Crippen LogP contribution is -2.56. The lowest BCUT2D eigenvalue weighted by atomic mass is 10.0. The van der Waals surface area contributed by atoms with E-state index >= 15 is 0 Å². The van der Waals surface area contributed by atoms with Crippen LogP contribution in [0.15, 0.2) is 48.7 Å². The maximum absolute atomic E-state index is 13.0. The number of benzene rings is 2. The fourth-order valence-electron chi connectivity index (χ4n) is 4.66. The molecule has 3 heterocycles. The number of ether oxygens (including phenoxy) is 1. The van der Waals surface area contributed by atoms with Gasteiger partial charge in [0.15, 0.2) is 0 Å². The van der Waals surface area contributed by atoms with Crippen molar-refractivity contribution >= 4 is 45.9 Å². The molecule has 3 N–H and O–H groups in total. The molecular weight excluding hydrogens is 468 g/mol. The molecule has 0 saturated carbocycles. The number of halogens is 1. The summed E-state index contributed by atoms with van der Waals surface area (Å²) in [6.07, 6.45) is 4.74. The predicted molar refractivity (Wildman–Crippen MR) is 134 cm³/mol. The Hall–Kier alpha value is -3.36. The van der Waals surface area contributed by atoms with Gasteiger partial charge < -0.3 is 25.3 Å². The zero-order valence-corrected chi connectivity index (χ0v) is 19.9. The lowest BCUT2D eigenvalue weighted by Gasteiger charge is -2.33. The zero-order chi connectivity index (χ0) is 24.4. The number of aromatic amines is 1. The highest BCUT2D eigenvalue weighted by Crippen LogP contribution is 2.24. The first kappa shape index (κ1) is 23.4. The van der Waals surface area contributed by atoms with Crippen molar-refractivity contribution in [2.24, 2.45) is 0 Å². The largest absolute Gasteiger partial charge is 0.379 e. The Labute approximate surface area is 208 Å². The molecule has 0 spiro atoms. The Kier molecular flexibility index (Phi) is 6.74. The molecule has 9 heteroatoms. The normalized spacial score (nSPS) is 20.6. The minimum Gasteiger partial charge on any atom is -0.379 e. The molecule has 2 aliphatic heterocycles. The maximum atomic E-state index is 13.0. The topological polar surface area (TPSA) is 104 Å². The molecule has 2 aliphatic rings. The molecule has 0 unspecified atom stereocenters. The highest BCUT2D eigenvalue weighted by molar-refractivity contribution is 6.35. The molecule has 2 aromatic carbocycles. The van der Waals surface area contributed by atoms with Gasteiger partial charge in [0, 0.05) is 53.5 Å². The molecule has 3 aromatic rings. The number of anilines is 1. The van der Waals surface area contributed by atoms with Gasteiger partial charge in [0.2, 0.25) is 5.91 Å². The van der Waals surface area contributed by atoms with Crippen LogP contribution in [0.4, 0.5) is 5.69 Å². The van der Waals surface area contributed by atoms with Crippen molar-refractivity contribution in [3.63, 3.8) is 0 Å². The quantitative estimate of drug-likeness (QED) is 0.503. The summed E-state index contributed by atoms with van der Waals surface area (Å²) in [5.41, 5.74) is 2.59. The number of aromatic nitrogens is 1. The highest BCUT2D eigenvalue weighted by Gasteiger charge is 2.29. The summed E-state index contributed by atoms with van der Waals surface area (Å²) in [7, 11) is 0. The van der Waals surface area contributed by atoms with Gasteiger partial charge in [-0.05, 0) is 55.7 Å². The summed E-state index contributed by atoms with van der Waals surface area (Å²) < 4.78 is 5.58. The molecule has 0 aliphatic carbocycles. The molecular formula is C26H27ClN4O4. The van der Waals surface area contributed by atoms with Crippen molar-refractivity contribution in [2.75, 3.05) is 24.7 Å². The van der Waals surface area contributed by atoms with E-state index in [0.29, 0.717) is 48.7 Å². The van der Waals surface area contributed by atoms with Crippen molar-refractivity contribution < 1.29 is 19.1 Å². The molecule has 8 nitrogen and oxygen atoms in total. The average molecular weight is 495 g/mol. The van der Waals surface area contributed by atoms with E-state index in [2.05, 4.69) is 15.6 Å². The van der Waals surface area contributed by atoms with E-state index in [0.717, 1.165) is 29.4 Å². The van der Waals surface area contributed by atoms with Crippen LogP contribution < -0.4 is 15.5 Å². The van der Waals surface area contributed by atoms with E-state index in [4.69, 9.17) is 16.3 Å². The van der Waals surface area contributed by atoms with Crippen LogP contribution in [0.25, 0.3) is 10.9 Å². The number of hydrogen-bond acceptors (Lipinski definition) is 4. The number of nitrogens with one attached hydrogen (secondary N) is 3. The van der Waals surface area contributed by atoms with E-state index in [1.807, 2.05) is 12.1 Å². The molecule has 0 radical (unpaired) electrons. The van der Waals surface area contributed by atoms with Gasteiger partial charge in [-0.1, -0.05) is 17.7 Å². The van der Waals surface area contributed by atoms with Crippen LogP contribution in [-0.4, -0.2) is 54.5 Å². The summed E-state index contributed by atoms with van der Waals surface area (Å²) in [5, 5.41) is 7.50. The van der Waals surface area contributed by atoms with Gasteiger partial charge in [-0.2, -0.15) is 0 Å². The fourth-order valence-corrected chi connectivity index (χ4v) is 4.88. The minimum absolute atomic E-state index is 0.118. The molecule has 0 bridgehead atoms. The molecule has 2 saturated heterocycles. The first-order valence-corrected chi connectivity index (χ1v) is 12.2. The van der Waals surface area contributed by atoms with Gasteiger partial charge in [0.05, 0.1) is 23.7 Å². The Morgan fingerprint density at radius 3 is 2.54 bits per heavy atom. The second-order valence-corrected chi connectivity index (χ2v) is 9.38. The van der Waals surface area contributed by atoms with Crippen molar-refractivity contribution in [1.82, 2.24) is 15.6 Å². The number of nitrogens with zero attached hydrogens (tertiary/aromatic N) is 1. The second kappa shape index (κ2) is 10.1. The van der Waals surface area contributed by atoms with Crippen LogP contribution in [0.3, 0.4) is 0 Å². The molecule has 35 heavy (non-hydrogen) atoms. The third kappa shape index (κ3) is 5.04. The van der Waals surface area contributed by atoms with Gasteiger partial charge in [0.25, 0.3) is 11.8 Å². The summed E-state index contributed by atoms with van der Waals surface area (Å²) in [4.78, 5) is 42.9. The SMILES string of the molecule is O=C(N[C@H]1CCOC[C@@H]1NC(=O)c1ccc2c(Cl)c[nH]c2c1)c1ccc(N2CCCCC2=O)cc1. The van der Waals surface area contributed by atoms with Crippen LogP contribution in [-0.2, 0) is 9.53 Å². The van der Waals surface area contributed by atoms with Crippen LogP contribution in [0.5, 0.6) is 0 Å². The highest BCUT2D eigenvalue weighted by atomic mass is 35.5. The van der Waals surface area contributed by atoms with Crippen LogP contribution in [0, 0.1) is 0 Å². The predicted octanol–water partition coefficient (Wildman–Crippen LogP) is 3.66. The van der Waals surface area contributed by atoms with E-state index < -0.39 is 0 Å². The molecule has 2 atom stereocenters. The first-order chi connectivity index (χ1) is 17.0. The van der Waals surface area contributed by atoms with Gasteiger partial charge >= 0.3 is 0 Å². The molecule has 182 valence electrons. The number of hydrogen-bond donors (Lipinski definition) is 3. The molecule has 3 amide bonds. The van der Waals surface area contributed by atoms with Crippen molar-refractivity contribution in [3.8, 4) is 0 Å². The number of carbonyl (C=O) groups excluding carboxylic acids is 3. The third-order valence-electron chi connectivity index (χ3n) is 6.65. The Morgan fingerprint density at radius 2 is 1.74 bits per heavy atom. The van der Waals surface area contributed by atoms with Gasteiger partial charge in [0.1, 0.15) is 0 Å². The standard InChI is InChI=1S/C26H27ClN4O4/c27-20-14-28-22-13-17(6-9-19(20)22)26(34)30-23-15-35-12-10-21(23)29-25(33)16-4-7-18(8-5-16)31-11-2-1-3-24(31)32/h4-9,13-14,21,23,28H,1-3,10-12,15H2,(H,29,33)(H,30,34)/t21-,23-/m0/s1. The van der Waals surface area contributed by atoms with Crippen LogP contribution >= 0.6 is 11.6 Å². The monoisotopic (exact) mass is 494 g/mol. The van der Waals surface area contributed by atoms with Crippen molar-refractivity contribution in [1.29, 1.82) is 0 Å². The fraction of sp³-hybridized carbons (Fsp3) is 0.346. The Morgan fingerprint density at radius 1 is 1.00 bits per heavy atom. The summed E-state index contributed by atoms with van der Waals surface area (Å²) in [5.74, 6) is -0.356. The average Bonchev–Trinajstić information content (AvgIpc) is 3.25. The summed E-state index contributed by atoms with van der Waals surface area (Å²) in [6, 6.07) is 11.7. The summed E-state index contributed by atoms with van der Waals surface area (Å²) >= 11 is 6.13.